The zero-order chi connectivity index (χ0) is 14.8. The van der Waals surface area contributed by atoms with Gasteiger partial charge in [0, 0.05) is 18.7 Å². The van der Waals surface area contributed by atoms with Crippen LogP contribution < -0.4 is 4.74 Å². The molecule has 0 saturated carbocycles. The second kappa shape index (κ2) is 5.86. The third-order valence-electron chi connectivity index (χ3n) is 4.24. The van der Waals surface area contributed by atoms with E-state index in [1.54, 1.807) is 19.2 Å². The van der Waals surface area contributed by atoms with Crippen molar-refractivity contribution in [2.75, 3.05) is 20.2 Å². The van der Waals surface area contributed by atoms with E-state index in [2.05, 4.69) is 30.0 Å². The van der Waals surface area contributed by atoms with Crippen molar-refractivity contribution in [3.8, 4) is 16.9 Å². The fourth-order valence-corrected chi connectivity index (χ4v) is 3.08. The van der Waals surface area contributed by atoms with Crippen molar-refractivity contribution in [3.05, 3.63) is 53.3 Å². The lowest BCUT2D eigenvalue weighted by atomic mass is 9.90. The summed E-state index contributed by atoms with van der Waals surface area (Å²) in [5, 5.41) is 0. The topological polar surface area (TPSA) is 12.5 Å². The summed E-state index contributed by atoms with van der Waals surface area (Å²) in [6, 6.07) is 11.0. The first-order chi connectivity index (χ1) is 10.2. The van der Waals surface area contributed by atoms with E-state index in [-0.39, 0.29) is 5.82 Å². The molecule has 21 heavy (non-hydrogen) atoms. The molecule has 3 rings (SSSR count). The Balaban J connectivity index is 2.10. The van der Waals surface area contributed by atoms with Gasteiger partial charge in [0.1, 0.15) is 11.6 Å². The second-order valence-electron chi connectivity index (χ2n) is 5.41. The summed E-state index contributed by atoms with van der Waals surface area (Å²) >= 11 is 0. The average Bonchev–Trinajstić information content (AvgIpc) is 2.53. The van der Waals surface area contributed by atoms with Crippen molar-refractivity contribution in [3.63, 3.8) is 0 Å². The Morgan fingerprint density at radius 2 is 2.05 bits per heavy atom. The summed E-state index contributed by atoms with van der Waals surface area (Å²) in [6.07, 6.45) is 0.999. The highest BCUT2D eigenvalue weighted by molar-refractivity contribution is 5.74. The predicted molar refractivity (Wildman–Crippen MR) is 83.0 cm³/mol. The van der Waals surface area contributed by atoms with Gasteiger partial charge in [-0.1, -0.05) is 25.1 Å². The lowest BCUT2D eigenvalue weighted by molar-refractivity contribution is 0.268. The number of hydrogen-bond donors (Lipinski definition) is 0. The van der Waals surface area contributed by atoms with Gasteiger partial charge >= 0.3 is 0 Å². The van der Waals surface area contributed by atoms with Crippen LogP contribution in [0.15, 0.2) is 36.4 Å². The Kier molecular flexibility index (Phi) is 3.93. The predicted octanol–water partition coefficient (Wildman–Crippen LogP) is 3.88. The van der Waals surface area contributed by atoms with E-state index in [9.17, 15) is 4.39 Å². The molecular weight excluding hydrogens is 265 g/mol. The minimum atomic E-state index is -0.227. The third kappa shape index (κ3) is 2.66. The van der Waals surface area contributed by atoms with E-state index in [0.29, 0.717) is 0 Å². The first-order valence-electron chi connectivity index (χ1n) is 7.40. The Morgan fingerprint density at radius 3 is 2.81 bits per heavy atom. The molecule has 110 valence electrons. The van der Waals surface area contributed by atoms with Crippen molar-refractivity contribution in [1.29, 1.82) is 0 Å². The van der Waals surface area contributed by atoms with Crippen LogP contribution in [0.1, 0.15) is 18.1 Å². The number of likely N-dealkylation sites (N-methyl/N-ethyl adjacent to an activating group) is 1. The summed E-state index contributed by atoms with van der Waals surface area (Å²) in [7, 11) is 1.63. The van der Waals surface area contributed by atoms with Gasteiger partial charge in [0.25, 0.3) is 0 Å². The summed E-state index contributed by atoms with van der Waals surface area (Å²) < 4.78 is 19.1. The molecule has 0 saturated heterocycles. The molecule has 0 spiro atoms. The molecule has 1 aliphatic heterocycles. The molecule has 0 bridgehead atoms. The minimum absolute atomic E-state index is 0.227. The standard InChI is InChI=1S/C18H20FNO/c1-3-20-10-9-15-13(12-20)5-4-6-16(15)17-11-14(19)7-8-18(17)21-2/h4-8,11H,3,9-10,12H2,1-2H3. The zero-order valence-corrected chi connectivity index (χ0v) is 12.5. The van der Waals surface area contributed by atoms with E-state index in [1.807, 2.05) is 0 Å². The van der Waals surface area contributed by atoms with Crippen molar-refractivity contribution in [2.24, 2.45) is 0 Å². The average molecular weight is 285 g/mol. The van der Waals surface area contributed by atoms with Crippen molar-refractivity contribution in [2.45, 2.75) is 19.9 Å². The van der Waals surface area contributed by atoms with Crippen LogP contribution in [0.25, 0.3) is 11.1 Å². The highest BCUT2D eigenvalue weighted by Crippen LogP contribution is 2.36. The Hall–Kier alpha value is -1.87. The number of nitrogens with zero attached hydrogens (tertiary/aromatic N) is 1. The molecule has 2 nitrogen and oxygen atoms in total. The summed E-state index contributed by atoms with van der Waals surface area (Å²) in [4.78, 5) is 2.43. The van der Waals surface area contributed by atoms with Crippen LogP contribution in [0.5, 0.6) is 5.75 Å². The van der Waals surface area contributed by atoms with Crippen LogP contribution >= 0.6 is 0 Å². The molecule has 0 aromatic heterocycles. The molecule has 2 aromatic carbocycles. The number of ether oxygens (including phenoxy) is 1. The minimum Gasteiger partial charge on any atom is -0.496 e. The lowest BCUT2D eigenvalue weighted by Crippen LogP contribution is -2.30. The van der Waals surface area contributed by atoms with Crippen LogP contribution in [0.4, 0.5) is 4.39 Å². The maximum Gasteiger partial charge on any atom is 0.126 e. The van der Waals surface area contributed by atoms with Crippen LogP contribution in [0, 0.1) is 5.82 Å². The molecule has 0 aliphatic carbocycles. The number of fused-ring (bicyclic) bond motifs is 1. The number of rotatable bonds is 3. The van der Waals surface area contributed by atoms with Crippen LogP contribution in [-0.4, -0.2) is 25.1 Å². The Labute approximate surface area is 125 Å². The van der Waals surface area contributed by atoms with Gasteiger partial charge in [-0.25, -0.2) is 4.39 Å². The normalized spacial score (nSPS) is 14.8. The van der Waals surface area contributed by atoms with Gasteiger partial charge in [0.05, 0.1) is 7.11 Å². The monoisotopic (exact) mass is 285 g/mol. The van der Waals surface area contributed by atoms with Crippen LogP contribution in [-0.2, 0) is 13.0 Å². The lowest BCUT2D eigenvalue weighted by Gasteiger charge is -2.29. The largest absolute Gasteiger partial charge is 0.496 e. The first kappa shape index (κ1) is 14.1. The van der Waals surface area contributed by atoms with E-state index < -0.39 is 0 Å². The molecule has 0 fully saturated rings. The maximum absolute atomic E-state index is 13.7. The van der Waals surface area contributed by atoms with E-state index in [4.69, 9.17) is 4.74 Å². The summed E-state index contributed by atoms with van der Waals surface area (Å²) in [5.41, 5.74) is 4.61. The van der Waals surface area contributed by atoms with E-state index in [1.165, 1.54) is 17.2 Å². The van der Waals surface area contributed by atoms with Crippen LogP contribution in [0.2, 0.25) is 0 Å². The van der Waals surface area contributed by atoms with Gasteiger partial charge in [0.15, 0.2) is 0 Å². The van der Waals surface area contributed by atoms with Crippen molar-refractivity contribution in [1.82, 2.24) is 4.90 Å². The van der Waals surface area contributed by atoms with Gasteiger partial charge in [-0.3, -0.25) is 4.90 Å². The van der Waals surface area contributed by atoms with Crippen molar-refractivity contribution >= 4 is 0 Å². The molecule has 0 amide bonds. The quantitative estimate of drug-likeness (QED) is 0.848. The molecule has 0 unspecified atom stereocenters. The molecule has 0 radical (unpaired) electrons. The zero-order valence-electron chi connectivity index (χ0n) is 12.5. The maximum atomic E-state index is 13.7. The van der Waals surface area contributed by atoms with E-state index >= 15 is 0 Å². The smallest absolute Gasteiger partial charge is 0.126 e. The Morgan fingerprint density at radius 1 is 1.19 bits per heavy atom. The number of hydrogen-bond acceptors (Lipinski definition) is 2. The van der Waals surface area contributed by atoms with Gasteiger partial charge < -0.3 is 4.74 Å². The fraction of sp³-hybridized carbons (Fsp3) is 0.333. The van der Waals surface area contributed by atoms with Gasteiger partial charge in [0.2, 0.25) is 0 Å². The van der Waals surface area contributed by atoms with Crippen LogP contribution in [0.3, 0.4) is 0 Å². The highest BCUT2D eigenvalue weighted by atomic mass is 19.1. The molecule has 3 heteroatoms. The number of methoxy groups -OCH3 is 1. The van der Waals surface area contributed by atoms with Gasteiger partial charge in [-0.05, 0) is 47.9 Å². The number of halogens is 1. The molecular formula is C18H20FNO. The SMILES string of the molecule is CCN1CCc2c(cccc2-c2cc(F)ccc2OC)C1. The highest BCUT2D eigenvalue weighted by Gasteiger charge is 2.19. The molecule has 2 aromatic rings. The summed E-state index contributed by atoms with van der Waals surface area (Å²) in [5.74, 6) is 0.497. The van der Waals surface area contributed by atoms with Gasteiger partial charge in [-0.2, -0.15) is 0 Å². The molecule has 1 aliphatic rings. The first-order valence-corrected chi connectivity index (χ1v) is 7.40. The molecule has 0 N–H and O–H groups in total. The fourth-order valence-electron chi connectivity index (χ4n) is 3.08. The number of benzene rings is 2. The van der Waals surface area contributed by atoms with E-state index in [0.717, 1.165) is 42.9 Å². The Bertz CT molecular complexity index is 654. The summed E-state index contributed by atoms with van der Waals surface area (Å²) in [6.45, 7) is 5.27. The molecule has 1 heterocycles. The second-order valence-corrected chi connectivity index (χ2v) is 5.41. The van der Waals surface area contributed by atoms with Crippen molar-refractivity contribution < 1.29 is 9.13 Å². The van der Waals surface area contributed by atoms with Gasteiger partial charge in [-0.15, -0.1) is 0 Å². The third-order valence-corrected chi connectivity index (χ3v) is 4.24. The molecule has 0 atom stereocenters.